The van der Waals surface area contributed by atoms with Gasteiger partial charge in [-0.3, -0.25) is 4.79 Å². The fraction of sp³-hybridized carbons (Fsp3) is 0.294. The quantitative estimate of drug-likeness (QED) is 0.615. The standard InChI is InChI=1S/C17H17N3O4/c1-12-3-2-4-14(7-12)17-18-11-20(19-17)6-5-15(21)23-9-13-8-16(22)24-10-13/h2-7,11,13H,8-10H2,1H3/b6-5-. The first-order chi connectivity index (χ1) is 11.6. The minimum Gasteiger partial charge on any atom is -0.465 e. The van der Waals surface area contributed by atoms with Crippen molar-refractivity contribution in [2.75, 3.05) is 13.2 Å². The van der Waals surface area contributed by atoms with E-state index in [1.54, 1.807) is 0 Å². The van der Waals surface area contributed by atoms with Gasteiger partial charge in [-0.05, 0) is 13.0 Å². The number of hydrogen-bond acceptors (Lipinski definition) is 6. The number of esters is 2. The average Bonchev–Trinajstić information content (AvgIpc) is 3.20. The van der Waals surface area contributed by atoms with Gasteiger partial charge in [0.25, 0.3) is 0 Å². The molecule has 124 valence electrons. The van der Waals surface area contributed by atoms with Crippen LogP contribution in [-0.4, -0.2) is 39.9 Å². The van der Waals surface area contributed by atoms with E-state index in [1.165, 1.54) is 23.3 Å². The highest BCUT2D eigenvalue weighted by Crippen LogP contribution is 2.16. The Morgan fingerprint density at radius 2 is 2.38 bits per heavy atom. The Morgan fingerprint density at radius 1 is 1.50 bits per heavy atom. The second-order valence-electron chi connectivity index (χ2n) is 5.62. The summed E-state index contributed by atoms with van der Waals surface area (Å²) >= 11 is 0. The maximum atomic E-state index is 11.7. The van der Waals surface area contributed by atoms with E-state index in [-0.39, 0.29) is 18.5 Å². The molecule has 7 heteroatoms. The summed E-state index contributed by atoms with van der Waals surface area (Å²) in [5.41, 5.74) is 2.04. The molecule has 0 radical (unpaired) electrons. The second kappa shape index (κ2) is 7.08. The molecule has 1 saturated heterocycles. The van der Waals surface area contributed by atoms with Crippen molar-refractivity contribution in [3.8, 4) is 11.4 Å². The Hall–Kier alpha value is -2.96. The van der Waals surface area contributed by atoms with Crippen molar-refractivity contribution in [2.45, 2.75) is 13.3 Å². The van der Waals surface area contributed by atoms with Gasteiger partial charge in [0.1, 0.15) is 6.33 Å². The number of rotatable bonds is 5. The van der Waals surface area contributed by atoms with Crippen molar-refractivity contribution < 1.29 is 19.1 Å². The van der Waals surface area contributed by atoms with Crippen LogP contribution in [0, 0.1) is 12.8 Å². The molecule has 0 amide bonds. The molecule has 1 aromatic carbocycles. The summed E-state index contributed by atoms with van der Waals surface area (Å²) in [6.07, 6.45) is 4.56. The van der Waals surface area contributed by atoms with Gasteiger partial charge in [0, 0.05) is 23.8 Å². The Bertz CT molecular complexity index is 782. The van der Waals surface area contributed by atoms with Gasteiger partial charge in [-0.2, -0.15) is 0 Å². The van der Waals surface area contributed by atoms with E-state index < -0.39 is 5.97 Å². The molecule has 1 unspecified atom stereocenters. The van der Waals surface area contributed by atoms with Crippen LogP contribution in [0.25, 0.3) is 17.6 Å². The van der Waals surface area contributed by atoms with Gasteiger partial charge in [-0.1, -0.05) is 23.8 Å². The molecule has 0 aliphatic carbocycles. The number of aromatic nitrogens is 3. The van der Waals surface area contributed by atoms with E-state index >= 15 is 0 Å². The van der Waals surface area contributed by atoms with Gasteiger partial charge in [-0.15, -0.1) is 5.10 Å². The molecular weight excluding hydrogens is 310 g/mol. The molecule has 1 aromatic heterocycles. The first-order valence-electron chi connectivity index (χ1n) is 7.59. The van der Waals surface area contributed by atoms with Crippen molar-refractivity contribution >= 4 is 18.1 Å². The lowest BCUT2D eigenvalue weighted by atomic mass is 10.1. The predicted molar refractivity (Wildman–Crippen MR) is 85.6 cm³/mol. The van der Waals surface area contributed by atoms with Crippen molar-refractivity contribution in [3.63, 3.8) is 0 Å². The predicted octanol–water partition coefficient (Wildman–Crippen LogP) is 1.83. The lowest BCUT2D eigenvalue weighted by molar-refractivity contribution is -0.139. The Morgan fingerprint density at radius 3 is 3.12 bits per heavy atom. The summed E-state index contributed by atoms with van der Waals surface area (Å²) in [5.74, 6) is -0.229. The number of hydrogen-bond donors (Lipinski definition) is 0. The van der Waals surface area contributed by atoms with Gasteiger partial charge in [0.15, 0.2) is 5.82 Å². The normalized spacial score (nSPS) is 17.2. The number of cyclic esters (lactones) is 1. The highest BCUT2D eigenvalue weighted by molar-refractivity contribution is 5.85. The van der Waals surface area contributed by atoms with Crippen LogP contribution in [0.4, 0.5) is 0 Å². The summed E-state index contributed by atoms with van der Waals surface area (Å²) in [6.45, 7) is 2.47. The van der Waals surface area contributed by atoms with E-state index in [0.29, 0.717) is 18.9 Å². The molecule has 0 N–H and O–H groups in total. The topological polar surface area (TPSA) is 83.3 Å². The van der Waals surface area contributed by atoms with Crippen LogP contribution in [0.1, 0.15) is 12.0 Å². The first kappa shape index (κ1) is 15.9. The molecule has 1 aliphatic rings. The SMILES string of the molecule is Cc1cccc(-c2ncn(/C=C\C(=O)OCC3COC(=O)C3)n2)c1. The molecule has 0 spiro atoms. The van der Waals surface area contributed by atoms with E-state index in [2.05, 4.69) is 10.1 Å². The van der Waals surface area contributed by atoms with E-state index in [1.807, 2.05) is 31.2 Å². The second-order valence-corrected chi connectivity index (χ2v) is 5.62. The van der Waals surface area contributed by atoms with E-state index in [0.717, 1.165) is 11.1 Å². The fourth-order valence-corrected chi connectivity index (χ4v) is 2.32. The first-order valence-corrected chi connectivity index (χ1v) is 7.59. The van der Waals surface area contributed by atoms with Gasteiger partial charge in [0.05, 0.1) is 19.6 Å². The van der Waals surface area contributed by atoms with E-state index in [4.69, 9.17) is 9.47 Å². The van der Waals surface area contributed by atoms with Gasteiger partial charge in [-0.25, -0.2) is 14.5 Å². The zero-order chi connectivity index (χ0) is 16.9. The van der Waals surface area contributed by atoms with Crippen LogP contribution in [0.2, 0.25) is 0 Å². The molecule has 1 aliphatic heterocycles. The monoisotopic (exact) mass is 327 g/mol. The fourth-order valence-electron chi connectivity index (χ4n) is 2.32. The lowest BCUT2D eigenvalue weighted by Gasteiger charge is -2.05. The zero-order valence-electron chi connectivity index (χ0n) is 13.2. The average molecular weight is 327 g/mol. The largest absolute Gasteiger partial charge is 0.465 e. The third-order valence-corrected chi connectivity index (χ3v) is 3.54. The number of benzene rings is 1. The summed E-state index contributed by atoms with van der Waals surface area (Å²) in [7, 11) is 0. The number of aryl methyl sites for hydroxylation is 1. The number of carbonyl (C=O) groups is 2. The van der Waals surface area contributed by atoms with Gasteiger partial charge >= 0.3 is 11.9 Å². The highest BCUT2D eigenvalue weighted by atomic mass is 16.6. The highest BCUT2D eigenvalue weighted by Gasteiger charge is 2.24. The maximum Gasteiger partial charge on any atom is 0.332 e. The molecule has 1 atom stereocenters. The summed E-state index contributed by atoms with van der Waals surface area (Å²) < 4.78 is 11.3. The molecule has 1 fully saturated rings. The minimum atomic E-state index is -0.498. The smallest absolute Gasteiger partial charge is 0.332 e. The Balaban J connectivity index is 1.55. The van der Waals surface area contributed by atoms with Gasteiger partial charge < -0.3 is 9.47 Å². The summed E-state index contributed by atoms with van der Waals surface area (Å²) in [6, 6.07) is 7.85. The van der Waals surface area contributed by atoms with Crippen molar-refractivity contribution in [1.82, 2.24) is 14.8 Å². The van der Waals surface area contributed by atoms with Crippen LogP contribution in [0.3, 0.4) is 0 Å². The van der Waals surface area contributed by atoms with Gasteiger partial charge in [0.2, 0.25) is 0 Å². The van der Waals surface area contributed by atoms with Crippen LogP contribution in [0.15, 0.2) is 36.7 Å². The number of nitrogens with zero attached hydrogens (tertiary/aromatic N) is 3. The Labute approximate surface area is 138 Å². The summed E-state index contributed by atoms with van der Waals surface area (Å²) in [5, 5.41) is 4.29. The van der Waals surface area contributed by atoms with E-state index in [9.17, 15) is 9.59 Å². The van der Waals surface area contributed by atoms with Crippen LogP contribution in [0.5, 0.6) is 0 Å². The van der Waals surface area contributed by atoms with Crippen LogP contribution in [-0.2, 0) is 19.1 Å². The third-order valence-electron chi connectivity index (χ3n) is 3.54. The van der Waals surface area contributed by atoms with Crippen molar-refractivity contribution in [1.29, 1.82) is 0 Å². The minimum absolute atomic E-state index is 0.0610. The molecule has 0 bridgehead atoms. The van der Waals surface area contributed by atoms with Crippen LogP contribution >= 0.6 is 0 Å². The van der Waals surface area contributed by atoms with Crippen molar-refractivity contribution in [2.24, 2.45) is 5.92 Å². The molecular formula is C17H17N3O4. The molecule has 7 nitrogen and oxygen atoms in total. The van der Waals surface area contributed by atoms with Crippen molar-refractivity contribution in [3.05, 3.63) is 42.2 Å². The van der Waals surface area contributed by atoms with Crippen LogP contribution < -0.4 is 0 Å². The zero-order valence-corrected chi connectivity index (χ0v) is 13.2. The molecule has 0 saturated carbocycles. The molecule has 2 heterocycles. The lowest BCUT2D eigenvalue weighted by Crippen LogP contribution is -2.12. The number of carbonyl (C=O) groups excluding carboxylic acids is 2. The summed E-state index contributed by atoms with van der Waals surface area (Å²) in [4.78, 5) is 26.9. The molecule has 2 aromatic rings. The molecule has 24 heavy (non-hydrogen) atoms. The number of ether oxygens (including phenoxy) is 2. The Kier molecular flexibility index (Phi) is 4.69. The maximum absolute atomic E-state index is 11.7. The third kappa shape index (κ3) is 4.07. The molecule has 3 rings (SSSR count).